The molecule has 2 N–H and O–H groups in total. The van der Waals surface area contributed by atoms with Gasteiger partial charge >= 0.3 is 0 Å². The highest BCUT2D eigenvalue weighted by Gasteiger charge is 2.22. The molecule has 142 valence electrons. The Morgan fingerprint density at radius 3 is 2.11 bits per heavy atom. The van der Waals surface area contributed by atoms with Gasteiger partial charge in [-0.15, -0.1) is 0 Å². The van der Waals surface area contributed by atoms with E-state index in [0.29, 0.717) is 5.56 Å². The third-order valence-corrected chi connectivity index (χ3v) is 4.13. The number of carbonyl (C=O) groups is 2. The summed E-state index contributed by atoms with van der Waals surface area (Å²) >= 11 is 0. The molecular formula is C22H18F2N2O2. The number of amides is 2. The van der Waals surface area contributed by atoms with E-state index in [2.05, 4.69) is 10.6 Å². The first-order valence-electron chi connectivity index (χ1n) is 8.68. The number of halogens is 2. The van der Waals surface area contributed by atoms with Crippen molar-refractivity contribution in [1.82, 2.24) is 5.32 Å². The Bertz CT molecular complexity index is 963. The topological polar surface area (TPSA) is 58.2 Å². The van der Waals surface area contributed by atoms with E-state index in [4.69, 9.17) is 0 Å². The highest BCUT2D eigenvalue weighted by Crippen LogP contribution is 2.14. The Balaban J connectivity index is 1.79. The molecule has 6 heteroatoms. The fourth-order valence-electron chi connectivity index (χ4n) is 2.69. The molecule has 0 fully saturated rings. The Labute approximate surface area is 161 Å². The number of rotatable bonds is 6. The van der Waals surface area contributed by atoms with Crippen molar-refractivity contribution in [2.24, 2.45) is 0 Å². The van der Waals surface area contributed by atoms with E-state index < -0.39 is 29.5 Å². The van der Waals surface area contributed by atoms with Crippen molar-refractivity contribution in [2.45, 2.75) is 12.5 Å². The second-order valence-corrected chi connectivity index (χ2v) is 6.20. The molecule has 0 heterocycles. The van der Waals surface area contributed by atoms with Gasteiger partial charge in [-0.3, -0.25) is 9.59 Å². The molecule has 0 saturated heterocycles. The first-order chi connectivity index (χ1) is 13.5. The van der Waals surface area contributed by atoms with Gasteiger partial charge in [-0.05, 0) is 29.8 Å². The maximum atomic E-state index is 13.4. The van der Waals surface area contributed by atoms with E-state index in [-0.39, 0.29) is 12.1 Å². The van der Waals surface area contributed by atoms with Crippen molar-refractivity contribution in [3.05, 3.63) is 102 Å². The first kappa shape index (κ1) is 19.2. The van der Waals surface area contributed by atoms with Gasteiger partial charge in [0, 0.05) is 23.7 Å². The van der Waals surface area contributed by atoms with Crippen LogP contribution in [0.2, 0.25) is 0 Å². The van der Waals surface area contributed by atoms with E-state index in [1.54, 1.807) is 30.3 Å². The second kappa shape index (κ2) is 8.90. The maximum Gasteiger partial charge on any atom is 0.251 e. The molecule has 4 nitrogen and oxygen atoms in total. The molecule has 0 aliphatic rings. The minimum absolute atomic E-state index is 0.107. The minimum Gasteiger partial charge on any atom is -0.340 e. The van der Waals surface area contributed by atoms with Crippen LogP contribution in [0.3, 0.4) is 0 Å². The lowest BCUT2D eigenvalue weighted by atomic mass is 10.0. The summed E-state index contributed by atoms with van der Waals surface area (Å²) in [6, 6.07) is 19.9. The molecule has 0 unspecified atom stereocenters. The molecule has 0 bridgehead atoms. The molecule has 28 heavy (non-hydrogen) atoms. The van der Waals surface area contributed by atoms with Crippen LogP contribution in [0, 0.1) is 11.6 Å². The molecule has 3 rings (SSSR count). The number of benzene rings is 3. The molecule has 3 aromatic rings. The minimum atomic E-state index is -1.06. The van der Waals surface area contributed by atoms with Gasteiger partial charge in [0.2, 0.25) is 5.91 Å². The van der Waals surface area contributed by atoms with Gasteiger partial charge in [0.15, 0.2) is 11.6 Å². The Kier molecular flexibility index (Phi) is 6.11. The van der Waals surface area contributed by atoms with E-state index in [0.717, 1.165) is 17.7 Å². The van der Waals surface area contributed by atoms with Crippen LogP contribution in [0.4, 0.5) is 14.5 Å². The summed E-state index contributed by atoms with van der Waals surface area (Å²) in [4.78, 5) is 25.2. The van der Waals surface area contributed by atoms with Crippen LogP contribution in [-0.2, 0) is 11.2 Å². The highest BCUT2D eigenvalue weighted by molar-refractivity contribution is 6.01. The molecular weight excluding hydrogens is 362 g/mol. The zero-order chi connectivity index (χ0) is 19.9. The van der Waals surface area contributed by atoms with Gasteiger partial charge in [0.05, 0.1) is 0 Å². The monoisotopic (exact) mass is 380 g/mol. The smallest absolute Gasteiger partial charge is 0.251 e. The van der Waals surface area contributed by atoms with Crippen molar-refractivity contribution in [3.63, 3.8) is 0 Å². The predicted molar refractivity (Wildman–Crippen MR) is 103 cm³/mol. The highest BCUT2D eigenvalue weighted by atomic mass is 19.2. The summed E-state index contributed by atoms with van der Waals surface area (Å²) in [5.74, 6) is -3.00. The van der Waals surface area contributed by atoms with Crippen molar-refractivity contribution < 1.29 is 18.4 Å². The van der Waals surface area contributed by atoms with Gasteiger partial charge < -0.3 is 10.6 Å². The van der Waals surface area contributed by atoms with Crippen LogP contribution in [0.1, 0.15) is 15.9 Å². The summed E-state index contributed by atoms with van der Waals surface area (Å²) < 4.78 is 26.5. The van der Waals surface area contributed by atoms with Crippen LogP contribution in [0.25, 0.3) is 0 Å². The summed E-state index contributed by atoms with van der Waals surface area (Å²) in [6.07, 6.45) is 0.245. The Morgan fingerprint density at radius 2 is 1.46 bits per heavy atom. The average molecular weight is 380 g/mol. The molecule has 0 saturated carbocycles. The molecule has 0 aliphatic carbocycles. The third kappa shape index (κ3) is 5.01. The van der Waals surface area contributed by atoms with Gasteiger partial charge in [0.1, 0.15) is 6.04 Å². The average Bonchev–Trinajstić information content (AvgIpc) is 2.71. The van der Waals surface area contributed by atoms with Crippen molar-refractivity contribution in [3.8, 4) is 0 Å². The van der Waals surface area contributed by atoms with E-state index in [1.165, 1.54) is 6.07 Å². The number of nitrogens with one attached hydrogen (secondary N) is 2. The lowest BCUT2D eigenvalue weighted by Gasteiger charge is -2.19. The van der Waals surface area contributed by atoms with Crippen LogP contribution in [0.15, 0.2) is 78.9 Å². The van der Waals surface area contributed by atoms with E-state index >= 15 is 0 Å². The van der Waals surface area contributed by atoms with Gasteiger partial charge in [0.25, 0.3) is 5.91 Å². The SMILES string of the molecule is O=C(N[C@H](Cc1ccccc1)C(=O)Nc1ccc(F)c(F)c1)c1ccccc1. The molecule has 2 amide bonds. The lowest BCUT2D eigenvalue weighted by Crippen LogP contribution is -2.45. The molecule has 3 aromatic carbocycles. The fourth-order valence-corrected chi connectivity index (χ4v) is 2.69. The summed E-state index contributed by atoms with van der Waals surface area (Å²) in [5.41, 5.74) is 1.37. The van der Waals surface area contributed by atoms with Crippen molar-refractivity contribution in [2.75, 3.05) is 5.32 Å². The van der Waals surface area contributed by atoms with Crippen LogP contribution in [0.5, 0.6) is 0 Å². The summed E-state index contributed by atoms with van der Waals surface area (Å²) in [7, 11) is 0. The van der Waals surface area contributed by atoms with Crippen LogP contribution < -0.4 is 10.6 Å². The van der Waals surface area contributed by atoms with Crippen LogP contribution in [-0.4, -0.2) is 17.9 Å². The molecule has 0 spiro atoms. The Morgan fingerprint density at radius 1 is 0.821 bits per heavy atom. The number of hydrogen-bond acceptors (Lipinski definition) is 2. The summed E-state index contributed by atoms with van der Waals surface area (Å²) in [6.45, 7) is 0. The number of anilines is 1. The first-order valence-corrected chi connectivity index (χ1v) is 8.68. The third-order valence-electron chi connectivity index (χ3n) is 4.13. The summed E-state index contributed by atoms with van der Waals surface area (Å²) in [5, 5.41) is 5.24. The largest absolute Gasteiger partial charge is 0.340 e. The number of hydrogen-bond donors (Lipinski definition) is 2. The molecule has 0 aromatic heterocycles. The van der Waals surface area contributed by atoms with Crippen LogP contribution >= 0.6 is 0 Å². The maximum absolute atomic E-state index is 13.4. The van der Waals surface area contributed by atoms with Gasteiger partial charge in [-0.25, -0.2) is 8.78 Å². The molecule has 1 atom stereocenters. The van der Waals surface area contributed by atoms with E-state index in [9.17, 15) is 18.4 Å². The lowest BCUT2D eigenvalue weighted by molar-refractivity contribution is -0.118. The zero-order valence-corrected chi connectivity index (χ0v) is 14.9. The Hall–Kier alpha value is -3.54. The number of carbonyl (C=O) groups excluding carboxylic acids is 2. The van der Waals surface area contributed by atoms with Gasteiger partial charge in [-0.2, -0.15) is 0 Å². The van der Waals surface area contributed by atoms with E-state index in [1.807, 2.05) is 30.3 Å². The molecule has 0 aliphatic heterocycles. The van der Waals surface area contributed by atoms with Crippen molar-refractivity contribution in [1.29, 1.82) is 0 Å². The van der Waals surface area contributed by atoms with Gasteiger partial charge in [-0.1, -0.05) is 48.5 Å². The standard InChI is InChI=1S/C22H18F2N2O2/c23-18-12-11-17(14-19(18)24)25-22(28)20(13-15-7-3-1-4-8-15)26-21(27)16-9-5-2-6-10-16/h1-12,14,20H,13H2,(H,25,28)(H,26,27)/t20-/m1/s1. The quantitative estimate of drug-likeness (QED) is 0.680. The normalized spacial score (nSPS) is 11.5. The fraction of sp³-hybridized carbons (Fsp3) is 0.0909. The second-order valence-electron chi connectivity index (χ2n) is 6.20. The molecule has 0 radical (unpaired) electrons. The predicted octanol–water partition coefficient (Wildman–Crippen LogP) is 3.94. The zero-order valence-electron chi connectivity index (χ0n) is 14.9. The van der Waals surface area contributed by atoms with Crippen molar-refractivity contribution >= 4 is 17.5 Å².